The average molecular weight is 455 g/mol. The molecule has 0 fully saturated rings. The number of phenolic OH excluding ortho intramolecular Hbond substituents is 1. The van der Waals surface area contributed by atoms with Crippen molar-refractivity contribution in [3.63, 3.8) is 0 Å². The molecule has 0 heterocycles. The van der Waals surface area contributed by atoms with Crippen molar-refractivity contribution in [2.75, 3.05) is 7.11 Å². The van der Waals surface area contributed by atoms with Gasteiger partial charge in [-0.15, -0.1) is 0 Å². The van der Waals surface area contributed by atoms with Crippen molar-refractivity contribution in [2.45, 2.75) is 6.61 Å². The summed E-state index contributed by atoms with van der Waals surface area (Å²) in [4.78, 5) is 12.5. The number of methoxy groups -OCH3 is 1. The molecule has 3 aromatic rings. The molecule has 0 spiro atoms. The van der Waals surface area contributed by atoms with Gasteiger partial charge in [-0.25, -0.2) is 5.43 Å². The van der Waals surface area contributed by atoms with Crippen molar-refractivity contribution in [1.82, 2.24) is 5.43 Å². The Bertz CT molecular complexity index is 1020. The fourth-order valence-corrected chi connectivity index (χ4v) is 2.77. The minimum Gasteiger partial charge on any atom is -0.507 e. The molecule has 0 saturated heterocycles. The van der Waals surface area contributed by atoms with E-state index < -0.39 is 5.91 Å². The van der Waals surface area contributed by atoms with E-state index in [-0.39, 0.29) is 5.75 Å². The average Bonchev–Trinajstić information content (AvgIpc) is 2.75. The van der Waals surface area contributed by atoms with E-state index in [1.165, 1.54) is 19.4 Å². The predicted octanol–water partition coefficient (Wildman–Crippen LogP) is 4.51. The molecule has 0 unspecified atom stereocenters. The Kier molecular flexibility index (Phi) is 6.86. The van der Waals surface area contributed by atoms with Gasteiger partial charge in [0.25, 0.3) is 5.91 Å². The van der Waals surface area contributed by atoms with Crippen LogP contribution in [0, 0.1) is 0 Å². The van der Waals surface area contributed by atoms with Gasteiger partial charge in [0, 0.05) is 10.0 Å². The quantitative estimate of drug-likeness (QED) is 0.406. The van der Waals surface area contributed by atoms with Gasteiger partial charge in [-0.1, -0.05) is 40.2 Å². The van der Waals surface area contributed by atoms with Crippen LogP contribution in [-0.4, -0.2) is 24.3 Å². The Morgan fingerprint density at radius 1 is 1.14 bits per heavy atom. The normalized spacial score (nSPS) is 10.7. The molecular weight excluding hydrogens is 436 g/mol. The van der Waals surface area contributed by atoms with E-state index in [2.05, 4.69) is 26.5 Å². The summed E-state index contributed by atoms with van der Waals surface area (Å²) in [6, 6.07) is 19.4. The van der Waals surface area contributed by atoms with E-state index >= 15 is 0 Å². The molecule has 0 bridgehead atoms. The maximum Gasteiger partial charge on any atom is 0.275 e. The zero-order valence-corrected chi connectivity index (χ0v) is 17.2. The van der Waals surface area contributed by atoms with Crippen LogP contribution in [-0.2, 0) is 6.61 Å². The molecule has 3 aromatic carbocycles. The van der Waals surface area contributed by atoms with Crippen LogP contribution >= 0.6 is 15.9 Å². The van der Waals surface area contributed by atoms with Crippen LogP contribution in [0.25, 0.3) is 0 Å². The number of amides is 1. The Morgan fingerprint density at radius 3 is 2.66 bits per heavy atom. The van der Waals surface area contributed by atoms with Gasteiger partial charge in [0.1, 0.15) is 23.9 Å². The first kappa shape index (κ1) is 20.4. The van der Waals surface area contributed by atoms with E-state index in [9.17, 15) is 9.90 Å². The predicted molar refractivity (Wildman–Crippen MR) is 115 cm³/mol. The number of carbonyl (C=O) groups is 1. The summed E-state index contributed by atoms with van der Waals surface area (Å²) in [6.45, 7) is 0.332. The van der Waals surface area contributed by atoms with Crippen LogP contribution in [0.1, 0.15) is 21.5 Å². The number of nitrogens with one attached hydrogen (secondary N) is 1. The number of hydrogen-bond donors (Lipinski definition) is 2. The van der Waals surface area contributed by atoms with Crippen molar-refractivity contribution < 1.29 is 19.4 Å². The molecule has 29 heavy (non-hydrogen) atoms. The van der Waals surface area contributed by atoms with Crippen LogP contribution in [0.2, 0.25) is 0 Å². The number of carbonyl (C=O) groups excluding carboxylic acids is 1. The smallest absolute Gasteiger partial charge is 0.275 e. The molecule has 1 amide bonds. The molecule has 148 valence electrons. The van der Waals surface area contributed by atoms with E-state index in [4.69, 9.17) is 9.47 Å². The molecular formula is C22H19BrN2O4. The summed E-state index contributed by atoms with van der Waals surface area (Å²) in [5.41, 5.74) is 4.21. The third kappa shape index (κ3) is 5.58. The third-order valence-electron chi connectivity index (χ3n) is 4.04. The molecule has 0 aliphatic heterocycles. The number of rotatable bonds is 7. The van der Waals surface area contributed by atoms with Gasteiger partial charge in [0.15, 0.2) is 0 Å². The SMILES string of the molecule is COc1ccc(O)c(/C=N\NC(=O)c2ccccc2OCc2ccc(Br)cc2)c1. The number of hydrazone groups is 1. The molecule has 2 N–H and O–H groups in total. The summed E-state index contributed by atoms with van der Waals surface area (Å²) in [5.74, 6) is 0.631. The van der Waals surface area contributed by atoms with Crippen LogP contribution in [0.3, 0.4) is 0 Å². The lowest BCUT2D eigenvalue weighted by Crippen LogP contribution is -2.18. The van der Waals surface area contributed by atoms with Gasteiger partial charge in [-0.2, -0.15) is 5.10 Å². The number of nitrogens with zero attached hydrogens (tertiary/aromatic N) is 1. The topological polar surface area (TPSA) is 80.2 Å². The van der Waals surface area contributed by atoms with Gasteiger partial charge >= 0.3 is 0 Å². The molecule has 3 rings (SSSR count). The Labute approximate surface area is 176 Å². The van der Waals surface area contributed by atoms with Crippen molar-refractivity contribution in [2.24, 2.45) is 5.10 Å². The number of aromatic hydroxyl groups is 1. The van der Waals surface area contributed by atoms with Crippen molar-refractivity contribution in [1.29, 1.82) is 0 Å². The van der Waals surface area contributed by atoms with E-state index in [1.807, 2.05) is 24.3 Å². The maximum atomic E-state index is 12.5. The Hall–Kier alpha value is -3.32. The summed E-state index contributed by atoms with van der Waals surface area (Å²) < 4.78 is 11.9. The Balaban J connectivity index is 1.67. The lowest BCUT2D eigenvalue weighted by Gasteiger charge is -2.10. The summed E-state index contributed by atoms with van der Waals surface area (Å²) in [5, 5.41) is 13.8. The van der Waals surface area contributed by atoms with E-state index in [0.717, 1.165) is 10.0 Å². The lowest BCUT2D eigenvalue weighted by molar-refractivity contribution is 0.0950. The maximum absolute atomic E-state index is 12.5. The number of para-hydroxylation sites is 1. The lowest BCUT2D eigenvalue weighted by atomic mass is 10.2. The zero-order chi connectivity index (χ0) is 20.6. The summed E-state index contributed by atoms with van der Waals surface area (Å²) in [6.07, 6.45) is 1.35. The van der Waals surface area contributed by atoms with Crippen LogP contribution in [0.5, 0.6) is 17.2 Å². The summed E-state index contributed by atoms with van der Waals surface area (Å²) >= 11 is 3.40. The highest BCUT2D eigenvalue weighted by Crippen LogP contribution is 2.22. The van der Waals surface area contributed by atoms with Gasteiger partial charge in [-0.3, -0.25) is 4.79 Å². The van der Waals surface area contributed by atoms with Crippen LogP contribution in [0.15, 0.2) is 76.3 Å². The van der Waals surface area contributed by atoms with E-state index in [1.54, 1.807) is 36.4 Å². The van der Waals surface area contributed by atoms with Gasteiger partial charge in [-0.05, 0) is 48.0 Å². The molecule has 0 atom stereocenters. The first-order chi connectivity index (χ1) is 14.1. The molecule has 0 saturated carbocycles. The highest BCUT2D eigenvalue weighted by atomic mass is 79.9. The number of ether oxygens (including phenoxy) is 2. The highest BCUT2D eigenvalue weighted by molar-refractivity contribution is 9.10. The van der Waals surface area contributed by atoms with Crippen LogP contribution < -0.4 is 14.9 Å². The van der Waals surface area contributed by atoms with E-state index in [0.29, 0.717) is 29.2 Å². The molecule has 0 radical (unpaired) electrons. The second-order valence-corrected chi connectivity index (χ2v) is 6.95. The minimum atomic E-state index is -0.421. The van der Waals surface area contributed by atoms with Gasteiger partial charge < -0.3 is 14.6 Å². The first-order valence-corrected chi connectivity index (χ1v) is 9.53. The molecule has 7 heteroatoms. The Morgan fingerprint density at radius 2 is 1.90 bits per heavy atom. The highest BCUT2D eigenvalue weighted by Gasteiger charge is 2.11. The van der Waals surface area contributed by atoms with Crippen molar-refractivity contribution in [3.8, 4) is 17.2 Å². The van der Waals surface area contributed by atoms with Crippen LogP contribution in [0.4, 0.5) is 0 Å². The number of phenols is 1. The van der Waals surface area contributed by atoms with Gasteiger partial charge in [0.2, 0.25) is 0 Å². The largest absolute Gasteiger partial charge is 0.507 e. The fraction of sp³-hybridized carbons (Fsp3) is 0.0909. The third-order valence-corrected chi connectivity index (χ3v) is 4.57. The monoisotopic (exact) mass is 454 g/mol. The van der Waals surface area contributed by atoms with Gasteiger partial charge in [0.05, 0.1) is 18.9 Å². The number of benzene rings is 3. The second kappa shape index (κ2) is 9.75. The van der Waals surface area contributed by atoms with Crippen molar-refractivity contribution in [3.05, 3.63) is 87.9 Å². The zero-order valence-electron chi connectivity index (χ0n) is 15.6. The first-order valence-electron chi connectivity index (χ1n) is 8.73. The number of halogens is 1. The minimum absolute atomic E-state index is 0.0297. The fourth-order valence-electron chi connectivity index (χ4n) is 2.51. The number of hydrogen-bond acceptors (Lipinski definition) is 5. The summed E-state index contributed by atoms with van der Waals surface area (Å²) in [7, 11) is 1.53. The van der Waals surface area contributed by atoms with Crippen molar-refractivity contribution >= 4 is 28.1 Å². The molecule has 0 aromatic heterocycles. The molecule has 0 aliphatic rings. The molecule has 0 aliphatic carbocycles. The standard InChI is InChI=1S/C22H19BrN2O4/c1-28-18-10-11-20(26)16(12-18)13-24-25-22(27)19-4-2-3-5-21(19)29-14-15-6-8-17(23)9-7-15/h2-13,26H,14H2,1H3,(H,25,27)/b24-13-. The second-order valence-electron chi connectivity index (χ2n) is 6.04. The molecule has 6 nitrogen and oxygen atoms in total.